The molecule has 1 N–H and O–H groups in total. The van der Waals surface area contributed by atoms with Gasteiger partial charge in [-0.3, -0.25) is 15.1 Å². The summed E-state index contributed by atoms with van der Waals surface area (Å²) >= 11 is 3.33. The van der Waals surface area contributed by atoms with E-state index in [1.807, 2.05) is 11.9 Å². The molecule has 0 aliphatic carbocycles. The molecule has 0 amide bonds. The van der Waals surface area contributed by atoms with Crippen LogP contribution in [0.3, 0.4) is 0 Å². The van der Waals surface area contributed by atoms with Gasteiger partial charge >= 0.3 is 5.69 Å². The number of nitrogens with one attached hydrogen (secondary N) is 1. The van der Waals surface area contributed by atoms with Gasteiger partial charge in [0.05, 0.1) is 9.40 Å². The second-order valence-corrected chi connectivity index (χ2v) is 4.86. The minimum absolute atomic E-state index is 0.0359. The Bertz CT molecular complexity index is 434. The zero-order chi connectivity index (χ0) is 12.4. The minimum Gasteiger partial charge on any atom is -0.364 e. The summed E-state index contributed by atoms with van der Waals surface area (Å²) < 4.78 is 0.654. The summed E-state index contributed by atoms with van der Waals surface area (Å²) in [5.41, 5.74) is 0.632. The van der Waals surface area contributed by atoms with Crippen molar-refractivity contribution in [1.29, 1.82) is 0 Å². The fourth-order valence-electron chi connectivity index (χ4n) is 2.05. The first-order chi connectivity index (χ1) is 8.11. The van der Waals surface area contributed by atoms with Gasteiger partial charge in [-0.25, -0.2) is 0 Å². The van der Waals surface area contributed by atoms with Gasteiger partial charge in [0, 0.05) is 25.8 Å². The number of hydrogen-bond acceptors (Lipinski definition) is 5. The summed E-state index contributed by atoms with van der Waals surface area (Å²) in [6, 6.07) is 0.285. The van der Waals surface area contributed by atoms with Crippen molar-refractivity contribution in [2.24, 2.45) is 0 Å². The Morgan fingerprint density at radius 3 is 3.00 bits per heavy atom. The lowest BCUT2D eigenvalue weighted by Gasteiger charge is -2.26. The monoisotopic (exact) mass is 300 g/mol. The SMILES string of the molecule is CN(c1c(Br)cncc1[N+](=O)[O-])C1CCNC1. The summed E-state index contributed by atoms with van der Waals surface area (Å²) in [4.78, 5) is 16.4. The maximum Gasteiger partial charge on any atom is 0.311 e. The fourth-order valence-corrected chi connectivity index (χ4v) is 2.65. The van der Waals surface area contributed by atoms with Crippen LogP contribution in [-0.4, -0.2) is 36.1 Å². The van der Waals surface area contributed by atoms with Crippen LogP contribution < -0.4 is 10.2 Å². The van der Waals surface area contributed by atoms with Crippen LogP contribution in [0, 0.1) is 10.1 Å². The first kappa shape index (κ1) is 12.3. The topological polar surface area (TPSA) is 71.3 Å². The molecule has 0 bridgehead atoms. The number of pyridine rings is 1. The fraction of sp³-hybridized carbons (Fsp3) is 0.500. The standard InChI is InChI=1S/C10H13BrN4O2/c1-14(7-2-3-12-4-7)10-8(11)5-13-6-9(10)15(16)17/h5-7,12H,2-4H2,1H3. The maximum absolute atomic E-state index is 11.0. The summed E-state index contributed by atoms with van der Waals surface area (Å²) in [6.07, 6.45) is 3.86. The lowest BCUT2D eigenvalue weighted by atomic mass is 10.2. The van der Waals surface area contributed by atoms with Crippen LogP contribution in [0.15, 0.2) is 16.9 Å². The van der Waals surface area contributed by atoms with Crippen molar-refractivity contribution in [3.8, 4) is 0 Å². The molecule has 1 fully saturated rings. The Kier molecular flexibility index (Phi) is 3.58. The average Bonchev–Trinajstić information content (AvgIpc) is 2.81. The van der Waals surface area contributed by atoms with Gasteiger partial charge in [-0.05, 0) is 28.9 Å². The molecule has 6 nitrogen and oxygen atoms in total. The Labute approximate surface area is 107 Å². The molecular formula is C10H13BrN4O2. The molecule has 2 rings (SSSR count). The summed E-state index contributed by atoms with van der Waals surface area (Å²) in [7, 11) is 1.88. The highest BCUT2D eigenvalue weighted by Crippen LogP contribution is 2.35. The van der Waals surface area contributed by atoms with Gasteiger partial charge in [0.15, 0.2) is 0 Å². The molecule has 0 aromatic carbocycles. The molecule has 2 heterocycles. The number of likely N-dealkylation sites (N-methyl/N-ethyl adjacent to an activating group) is 1. The molecule has 1 aliphatic rings. The third-order valence-electron chi connectivity index (χ3n) is 2.98. The molecule has 92 valence electrons. The van der Waals surface area contributed by atoms with Crippen LogP contribution in [0.25, 0.3) is 0 Å². The lowest BCUT2D eigenvalue weighted by molar-refractivity contribution is -0.384. The van der Waals surface area contributed by atoms with E-state index in [1.54, 1.807) is 6.20 Å². The second kappa shape index (κ2) is 4.97. The van der Waals surface area contributed by atoms with Gasteiger partial charge in [-0.2, -0.15) is 0 Å². The predicted octanol–water partition coefficient (Wildman–Crippen LogP) is 1.55. The molecule has 7 heteroatoms. The first-order valence-electron chi connectivity index (χ1n) is 5.32. The summed E-state index contributed by atoms with van der Waals surface area (Å²) in [5.74, 6) is 0. The van der Waals surface area contributed by atoms with Crippen molar-refractivity contribution in [3.63, 3.8) is 0 Å². The molecule has 1 saturated heterocycles. The Morgan fingerprint density at radius 2 is 2.41 bits per heavy atom. The van der Waals surface area contributed by atoms with Crippen molar-refractivity contribution in [1.82, 2.24) is 10.3 Å². The molecule has 0 saturated carbocycles. The van der Waals surface area contributed by atoms with Crippen LogP contribution in [0.2, 0.25) is 0 Å². The Hall–Kier alpha value is -1.21. The van der Waals surface area contributed by atoms with Crippen molar-refractivity contribution < 1.29 is 4.92 Å². The van der Waals surface area contributed by atoms with Gasteiger partial charge in [0.2, 0.25) is 0 Å². The number of aromatic nitrogens is 1. The molecular weight excluding hydrogens is 288 g/mol. The van der Waals surface area contributed by atoms with Crippen LogP contribution in [-0.2, 0) is 0 Å². The van der Waals surface area contributed by atoms with E-state index >= 15 is 0 Å². The highest BCUT2D eigenvalue weighted by Gasteiger charge is 2.27. The van der Waals surface area contributed by atoms with E-state index in [2.05, 4.69) is 26.2 Å². The number of nitrogens with zero attached hydrogens (tertiary/aromatic N) is 3. The van der Waals surface area contributed by atoms with Crippen LogP contribution in [0.1, 0.15) is 6.42 Å². The van der Waals surface area contributed by atoms with Crippen molar-refractivity contribution in [2.45, 2.75) is 12.5 Å². The Balaban J connectivity index is 2.38. The van der Waals surface area contributed by atoms with E-state index in [9.17, 15) is 10.1 Å². The molecule has 1 aromatic heterocycles. The van der Waals surface area contributed by atoms with Gasteiger partial charge in [-0.15, -0.1) is 0 Å². The van der Waals surface area contributed by atoms with E-state index < -0.39 is 4.92 Å². The zero-order valence-electron chi connectivity index (χ0n) is 9.39. The predicted molar refractivity (Wildman–Crippen MR) is 68.3 cm³/mol. The van der Waals surface area contributed by atoms with E-state index in [4.69, 9.17) is 0 Å². The number of hydrogen-bond donors (Lipinski definition) is 1. The third-order valence-corrected chi connectivity index (χ3v) is 3.57. The molecule has 1 aromatic rings. The molecule has 0 radical (unpaired) electrons. The highest BCUT2D eigenvalue weighted by molar-refractivity contribution is 9.10. The van der Waals surface area contributed by atoms with E-state index in [1.165, 1.54) is 6.20 Å². The summed E-state index contributed by atoms with van der Waals surface area (Å²) in [5, 5.41) is 14.2. The largest absolute Gasteiger partial charge is 0.364 e. The van der Waals surface area contributed by atoms with Crippen LogP contribution in [0.4, 0.5) is 11.4 Å². The van der Waals surface area contributed by atoms with E-state index in [0.717, 1.165) is 19.5 Å². The number of nitro groups is 1. The normalized spacial score (nSPS) is 19.3. The maximum atomic E-state index is 11.0. The van der Waals surface area contributed by atoms with Gasteiger partial charge in [0.25, 0.3) is 0 Å². The summed E-state index contributed by atoms with van der Waals surface area (Å²) in [6.45, 7) is 1.80. The molecule has 17 heavy (non-hydrogen) atoms. The van der Waals surface area contributed by atoms with Crippen molar-refractivity contribution in [2.75, 3.05) is 25.0 Å². The number of anilines is 1. The van der Waals surface area contributed by atoms with Gasteiger partial charge < -0.3 is 10.2 Å². The minimum atomic E-state index is -0.397. The quantitative estimate of drug-likeness (QED) is 0.677. The first-order valence-corrected chi connectivity index (χ1v) is 6.12. The van der Waals surface area contributed by atoms with Gasteiger partial charge in [-0.1, -0.05) is 0 Å². The van der Waals surface area contributed by atoms with Crippen molar-refractivity contribution >= 4 is 27.3 Å². The number of halogens is 1. The number of rotatable bonds is 3. The average molecular weight is 301 g/mol. The highest BCUT2D eigenvalue weighted by atomic mass is 79.9. The van der Waals surface area contributed by atoms with E-state index in [0.29, 0.717) is 10.2 Å². The smallest absolute Gasteiger partial charge is 0.311 e. The van der Waals surface area contributed by atoms with Crippen molar-refractivity contribution in [3.05, 3.63) is 27.0 Å². The van der Waals surface area contributed by atoms with Crippen LogP contribution in [0.5, 0.6) is 0 Å². The lowest BCUT2D eigenvalue weighted by Crippen LogP contribution is -2.34. The molecule has 0 spiro atoms. The molecule has 1 aliphatic heterocycles. The Morgan fingerprint density at radius 1 is 1.65 bits per heavy atom. The van der Waals surface area contributed by atoms with E-state index in [-0.39, 0.29) is 11.7 Å². The van der Waals surface area contributed by atoms with Gasteiger partial charge in [0.1, 0.15) is 11.9 Å². The zero-order valence-corrected chi connectivity index (χ0v) is 11.0. The third kappa shape index (κ3) is 2.39. The second-order valence-electron chi connectivity index (χ2n) is 4.00. The van der Waals surface area contributed by atoms with Crippen LogP contribution >= 0.6 is 15.9 Å². The molecule has 1 unspecified atom stereocenters. The molecule has 1 atom stereocenters.